The van der Waals surface area contributed by atoms with Crippen molar-refractivity contribution in [3.05, 3.63) is 11.9 Å². The fourth-order valence-corrected chi connectivity index (χ4v) is 2.64. The number of nitrogens with zero attached hydrogens (tertiary/aromatic N) is 4. The number of aromatic nitrogens is 2. The van der Waals surface area contributed by atoms with Gasteiger partial charge in [-0.15, -0.1) is 0 Å². The molecule has 1 unspecified atom stereocenters. The Morgan fingerprint density at radius 2 is 2.10 bits per heavy atom. The lowest BCUT2D eigenvalue weighted by Crippen LogP contribution is -2.52. The van der Waals surface area contributed by atoms with Crippen molar-refractivity contribution in [2.24, 2.45) is 0 Å². The van der Waals surface area contributed by atoms with Crippen LogP contribution in [0.3, 0.4) is 0 Å². The van der Waals surface area contributed by atoms with Gasteiger partial charge >= 0.3 is 0 Å². The molecule has 0 spiro atoms. The molecule has 3 N–H and O–H groups in total. The molecular weight excluding hydrogens is 252 g/mol. The molecule has 0 amide bonds. The van der Waals surface area contributed by atoms with Crippen LogP contribution >= 0.6 is 0 Å². The Kier molecular flexibility index (Phi) is 3.76. The van der Waals surface area contributed by atoms with Crippen LogP contribution in [-0.4, -0.2) is 66.1 Å². The van der Waals surface area contributed by atoms with Crippen LogP contribution in [0.1, 0.15) is 24.6 Å². The minimum absolute atomic E-state index is 0.509. The highest BCUT2D eigenvalue weighted by atomic mass is 15.3. The number of hydrogen-bond acceptors (Lipinski definition) is 6. The highest BCUT2D eigenvalue weighted by molar-refractivity contribution is 5.45. The summed E-state index contributed by atoms with van der Waals surface area (Å²) >= 11 is 0. The van der Waals surface area contributed by atoms with Crippen LogP contribution in [0, 0.1) is 0 Å². The van der Waals surface area contributed by atoms with Gasteiger partial charge in [-0.1, -0.05) is 0 Å². The van der Waals surface area contributed by atoms with Gasteiger partial charge in [0.2, 0.25) is 0 Å². The molecule has 1 aliphatic heterocycles. The number of nitrogens with one attached hydrogen (secondary N) is 1. The van der Waals surface area contributed by atoms with E-state index >= 15 is 0 Å². The van der Waals surface area contributed by atoms with Crippen LogP contribution < -0.4 is 11.1 Å². The molecule has 1 atom stereocenters. The van der Waals surface area contributed by atoms with Crippen molar-refractivity contribution >= 4 is 11.6 Å². The number of likely N-dealkylation sites (N-methyl/N-ethyl adjacent to an activating group) is 2. The average molecular weight is 276 g/mol. The van der Waals surface area contributed by atoms with Crippen molar-refractivity contribution < 1.29 is 0 Å². The number of rotatable bonds is 4. The molecule has 1 saturated carbocycles. The van der Waals surface area contributed by atoms with Crippen LogP contribution in [0.2, 0.25) is 0 Å². The van der Waals surface area contributed by atoms with Crippen LogP contribution in [-0.2, 0) is 0 Å². The normalized spacial score (nSPS) is 24.8. The average Bonchev–Trinajstić information content (AvgIpc) is 3.23. The second kappa shape index (κ2) is 5.54. The maximum absolute atomic E-state index is 5.87. The first-order chi connectivity index (χ1) is 9.61. The molecule has 2 fully saturated rings. The van der Waals surface area contributed by atoms with E-state index in [-0.39, 0.29) is 0 Å². The van der Waals surface area contributed by atoms with Crippen molar-refractivity contribution in [3.8, 4) is 0 Å². The zero-order valence-electron chi connectivity index (χ0n) is 12.3. The van der Waals surface area contributed by atoms with E-state index in [0.717, 1.165) is 37.8 Å². The molecule has 0 bridgehead atoms. The lowest BCUT2D eigenvalue weighted by molar-refractivity contribution is 0.122. The summed E-state index contributed by atoms with van der Waals surface area (Å²) in [5, 5.41) is 3.43. The van der Waals surface area contributed by atoms with Gasteiger partial charge in [0.25, 0.3) is 0 Å². The second-order valence-corrected chi connectivity index (χ2v) is 6.09. The van der Waals surface area contributed by atoms with Gasteiger partial charge in [-0.3, -0.25) is 4.90 Å². The predicted molar refractivity (Wildman–Crippen MR) is 80.8 cm³/mol. The Hall–Kier alpha value is -1.40. The number of nitrogen functional groups attached to an aromatic ring is 1. The fraction of sp³-hybridized carbons (Fsp3) is 0.714. The van der Waals surface area contributed by atoms with E-state index in [4.69, 9.17) is 5.73 Å². The van der Waals surface area contributed by atoms with E-state index in [1.165, 1.54) is 12.8 Å². The molecule has 2 aliphatic rings. The zero-order chi connectivity index (χ0) is 14.1. The molecule has 1 aromatic rings. The van der Waals surface area contributed by atoms with Gasteiger partial charge < -0.3 is 16.0 Å². The Morgan fingerprint density at radius 1 is 1.30 bits per heavy atom. The molecular formula is C14H24N6. The second-order valence-electron chi connectivity index (χ2n) is 6.09. The quantitative estimate of drug-likeness (QED) is 0.839. The number of anilines is 2. The minimum atomic E-state index is 0.509. The Labute approximate surface area is 120 Å². The first kappa shape index (κ1) is 13.6. The van der Waals surface area contributed by atoms with Crippen molar-refractivity contribution in [1.29, 1.82) is 0 Å². The van der Waals surface area contributed by atoms with Gasteiger partial charge in [-0.05, 0) is 26.9 Å². The molecule has 2 heterocycles. The van der Waals surface area contributed by atoms with E-state index in [2.05, 4.69) is 39.2 Å². The maximum atomic E-state index is 5.87. The van der Waals surface area contributed by atoms with Crippen LogP contribution in [0.5, 0.6) is 0 Å². The van der Waals surface area contributed by atoms with Gasteiger partial charge in [0.1, 0.15) is 17.5 Å². The Bertz CT molecular complexity index is 473. The van der Waals surface area contributed by atoms with Gasteiger partial charge in [-0.2, -0.15) is 0 Å². The first-order valence-corrected chi connectivity index (χ1v) is 7.39. The summed E-state index contributed by atoms with van der Waals surface area (Å²) in [7, 11) is 4.36. The molecule has 1 aliphatic carbocycles. The first-order valence-electron chi connectivity index (χ1n) is 7.39. The Morgan fingerprint density at radius 3 is 2.85 bits per heavy atom. The summed E-state index contributed by atoms with van der Waals surface area (Å²) in [6, 6.07) is 2.34. The third-order valence-electron chi connectivity index (χ3n) is 4.20. The summed E-state index contributed by atoms with van der Waals surface area (Å²) in [5.74, 6) is 2.86. The lowest BCUT2D eigenvalue weighted by atomic mass is 10.2. The van der Waals surface area contributed by atoms with Gasteiger partial charge in [-0.25, -0.2) is 9.97 Å². The minimum Gasteiger partial charge on any atom is -0.384 e. The molecule has 20 heavy (non-hydrogen) atoms. The summed E-state index contributed by atoms with van der Waals surface area (Å²) in [6.07, 6.45) is 2.39. The lowest BCUT2D eigenvalue weighted by Gasteiger charge is -2.37. The smallest absolute Gasteiger partial charge is 0.136 e. The van der Waals surface area contributed by atoms with E-state index in [1.807, 2.05) is 6.07 Å². The predicted octanol–water partition coefficient (Wildman–Crippen LogP) is 0.594. The van der Waals surface area contributed by atoms with Crippen molar-refractivity contribution in [2.75, 3.05) is 51.3 Å². The summed E-state index contributed by atoms with van der Waals surface area (Å²) in [4.78, 5) is 13.7. The number of hydrogen-bond donors (Lipinski definition) is 2. The van der Waals surface area contributed by atoms with Crippen LogP contribution in [0.4, 0.5) is 11.6 Å². The van der Waals surface area contributed by atoms with E-state index in [1.54, 1.807) is 0 Å². The molecule has 0 aromatic carbocycles. The molecule has 1 aromatic heterocycles. The van der Waals surface area contributed by atoms with E-state index in [9.17, 15) is 0 Å². The Balaban J connectivity index is 1.62. The fourth-order valence-electron chi connectivity index (χ4n) is 2.64. The highest BCUT2D eigenvalue weighted by Gasteiger charge is 2.27. The summed E-state index contributed by atoms with van der Waals surface area (Å²) < 4.78 is 0. The maximum Gasteiger partial charge on any atom is 0.136 e. The molecule has 110 valence electrons. The number of nitrogens with two attached hydrogens (primary N) is 1. The van der Waals surface area contributed by atoms with Crippen LogP contribution in [0.15, 0.2) is 6.07 Å². The molecule has 0 radical (unpaired) electrons. The van der Waals surface area contributed by atoms with Crippen molar-refractivity contribution in [3.63, 3.8) is 0 Å². The standard InChI is InChI=1S/C14H24N6/c1-19-5-6-20(2)11(9-19)8-16-13-7-12(15)17-14(18-13)10-3-4-10/h7,10-11H,3-6,8-9H2,1-2H3,(H3,15,16,17,18). The largest absolute Gasteiger partial charge is 0.384 e. The van der Waals surface area contributed by atoms with Gasteiger partial charge in [0, 0.05) is 44.2 Å². The van der Waals surface area contributed by atoms with Crippen LogP contribution in [0.25, 0.3) is 0 Å². The molecule has 6 nitrogen and oxygen atoms in total. The van der Waals surface area contributed by atoms with Crippen molar-refractivity contribution in [1.82, 2.24) is 19.8 Å². The molecule has 3 rings (SSSR count). The molecule has 1 saturated heterocycles. The topological polar surface area (TPSA) is 70.3 Å². The third kappa shape index (κ3) is 3.19. The van der Waals surface area contributed by atoms with E-state index in [0.29, 0.717) is 17.8 Å². The zero-order valence-corrected chi connectivity index (χ0v) is 12.3. The monoisotopic (exact) mass is 276 g/mol. The summed E-state index contributed by atoms with van der Waals surface area (Å²) in [6.45, 7) is 4.22. The van der Waals surface area contributed by atoms with Crippen molar-refractivity contribution in [2.45, 2.75) is 24.8 Å². The summed E-state index contributed by atoms with van der Waals surface area (Å²) in [5.41, 5.74) is 5.87. The molecule has 6 heteroatoms. The van der Waals surface area contributed by atoms with E-state index < -0.39 is 0 Å². The van der Waals surface area contributed by atoms with Gasteiger partial charge in [0.15, 0.2) is 0 Å². The number of piperazine rings is 1. The van der Waals surface area contributed by atoms with Gasteiger partial charge in [0.05, 0.1) is 0 Å². The SMILES string of the molecule is CN1CCN(C)C(CNc2cc(N)nc(C3CC3)n2)C1. The third-order valence-corrected chi connectivity index (χ3v) is 4.20. The highest BCUT2D eigenvalue weighted by Crippen LogP contribution is 2.38.